The van der Waals surface area contributed by atoms with Crippen molar-refractivity contribution in [3.63, 3.8) is 0 Å². The summed E-state index contributed by atoms with van der Waals surface area (Å²) in [7, 11) is 1.65. The van der Waals surface area contributed by atoms with Gasteiger partial charge in [-0.2, -0.15) is 5.26 Å². The fourth-order valence-electron chi connectivity index (χ4n) is 2.70. The van der Waals surface area contributed by atoms with Crippen LogP contribution in [0.2, 0.25) is 0 Å². The van der Waals surface area contributed by atoms with Gasteiger partial charge in [-0.1, -0.05) is 12.8 Å². The average Bonchev–Trinajstić information content (AvgIpc) is 2.94. The lowest BCUT2D eigenvalue weighted by Crippen LogP contribution is -2.40. The van der Waals surface area contributed by atoms with Gasteiger partial charge in [-0.25, -0.2) is 0 Å². The fourth-order valence-corrected chi connectivity index (χ4v) is 2.70. The molecule has 0 spiro atoms. The van der Waals surface area contributed by atoms with Crippen molar-refractivity contribution in [2.45, 2.75) is 38.1 Å². The molecule has 0 aliphatic heterocycles. The molecule has 0 heterocycles. The first-order valence-electron chi connectivity index (χ1n) is 6.51. The summed E-state index contributed by atoms with van der Waals surface area (Å²) in [6, 6.07) is 10.2. The zero-order valence-corrected chi connectivity index (χ0v) is 11.1. The molecule has 2 rings (SSSR count). The molecule has 0 bridgehead atoms. The lowest BCUT2D eigenvalue weighted by Gasteiger charge is -2.30. The first-order chi connectivity index (χ1) is 8.68. The largest absolute Gasteiger partial charge is 0.497 e. The molecule has 0 aromatic heterocycles. The predicted molar refractivity (Wildman–Crippen MR) is 72.6 cm³/mol. The van der Waals surface area contributed by atoms with Crippen LogP contribution in [0.3, 0.4) is 0 Å². The number of hydrogen-bond donors (Lipinski definition) is 1. The zero-order valence-electron chi connectivity index (χ0n) is 11.1. The predicted octanol–water partition coefficient (Wildman–Crippen LogP) is 3.58. The minimum atomic E-state index is -0.467. The normalized spacial score (nSPS) is 18.9. The molecule has 3 nitrogen and oxygen atoms in total. The number of rotatable bonds is 4. The molecule has 96 valence electrons. The summed E-state index contributed by atoms with van der Waals surface area (Å²) in [4.78, 5) is 0. The summed E-state index contributed by atoms with van der Waals surface area (Å²) in [5, 5.41) is 12.9. The molecule has 1 aromatic carbocycles. The summed E-state index contributed by atoms with van der Waals surface area (Å²) in [5.41, 5.74) is 0.511. The second-order valence-electron chi connectivity index (χ2n) is 5.15. The van der Waals surface area contributed by atoms with Gasteiger partial charge in [0.15, 0.2) is 0 Å². The van der Waals surface area contributed by atoms with Gasteiger partial charge >= 0.3 is 0 Å². The molecule has 1 aliphatic rings. The topological polar surface area (TPSA) is 45.0 Å². The van der Waals surface area contributed by atoms with Crippen LogP contribution in [0.1, 0.15) is 32.6 Å². The number of methoxy groups -OCH3 is 1. The van der Waals surface area contributed by atoms with Crippen LogP contribution in [-0.4, -0.2) is 12.6 Å². The highest BCUT2D eigenvalue weighted by atomic mass is 16.5. The molecule has 1 fully saturated rings. The van der Waals surface area contributed by atoms with E-state index in [1.165, 1.54) is 12.8 Å². The number of anilines is 1. The Morgan fingerprint density at radius 2 is 1.89 bits per heavy atom. The van der Waals surface area contributed by atoms with E-state index in [0.29, 0.717) is 5.92 Å². The Hall–Kier alpha value is -1.69. The van der Waals surface area contributed by atoms with Gasteiger partial charge in [-0.3, -0.25) is 0 Å². The number of hydrogen-bond acceptors (Lipinski definition) is 3. The minimum absolute atomic E-state index is 0.449. The molecule has 18 heavy (non-hydrogen) atoms. The van der Waals surface area contributed by atoms with Crippen LogP contribution in [0.5, 0.6) is 5.75 Å². The number of nitrogens with one attached hydrogen (secondary N) is 1. The molecule has 0 radical (unpaired) electrons. The van der Waals surface area contributed by atoms with Gasteiger partial charge in [-0.05, 0) is 49.9 Å². The maximum Gasteiger partial charge on any atom is 0.125 e. The second kappa shape index (κ2) is 5.30. The SMILES string of the molecule is COc1ccc(NC(C)(C#N)C2CCCC2)cc1. The molecule has 0 saturated heterocycles. The quantitative estimate of drug-likeness (QED) is 0.880. The van der Waals surface area contributed by atoms with Crippen LogP contribution < -0.4 is 10.1 Å². The molecular formula is C15H20N2O. The van der Waals surface area contributed by atoms with Crippen molar-refractivity contribution in [2.24, 2.45) is 5.92 Å². The van der Waals surface area contributed by atoms with E-state index >= 15 is 0 Å². The van der Waals surface area contributed by atoms with Crippen molar-refractivity contribution >= 4 is 5.69 Å². The maximum atomic E-state index is 9.47. The van der Waals surface area contributed by atoms with Gasteiger partial charge in [0.25, 0.3) is 0 Å². The van der Waals surface area contributed by atoms with E-state index in [4.69, 9.17) is 4.74 Å². The Bertz CT molecular complexity index is 429. The maximum absolute atomic E-state index is 9.47. The summed E-state index contributed by atoms with van der Waals surface area (Å²) >= 11 is 0. The summed E-state index contributed by atoms with van der Waals surface area (Å²) in [6.07, 6.45) is 4.78. The van der Waals surface area contributed by atoms with Gasteiger partial charge in [0.1, 0.15) is 11.3 Å². The number of ether oxygens (including phenoxy) is 1. The average molecular weight is 244 g/mol. The first-order valence-corrected chi connectivity index (χ1v) is 6.51. The van der Waals surface area contributed by atoms with Gasteiger partial charge in [-0.15, -0.1) is 0 Å². The summed E-state index contributed by atoms with van der Waals surface area (Å²) in [5.74, 6) is 1.28. The molecule has 3 heteroatoms. The molecule has 1 N–H and O–H groups in total. The molecule has 0 amide bonds. The number of benzene rings is 1. The van der Waals surface area contributed by atoms with Crippen molar-refractivity contribution in [1.29, 1.82) is 5.26 Å². The van der Waals surface area contributed by atoms with E-state index < -0.39 is 5.54 Å². The highest BCUT2D eigenvalue weighted by Gasteiger charge is 2.36. The third kappa shape index (κ3) is 2.59. The lowest BCUT2D eigenvalue weighted by atomic mass is 9.85. The standard InChI is InChI=1S/C15H20N2O/c1-15(11-16,12-5-3-4-6-12)17-13-7-9-14(18-2)10-8-13/h7-10,12,17H,3-6H2,1-2H3. The Morgan fingerprint density at radius 3 is 2.39 bits per heavy atom. The van der Waals surface area contributed by atoms with Gasteiger partial charge < -0.3 is 10.1 Å². The number of nitriles is 1. The Labute approximate surface area is 109 Å². The third-order valence-corrected chi connectivity index (χ3v) is 3.90. The van der Waals surface area contributed by atoms with E-state index in [-0.39, 0.29) is 0 Å². The highest BCUT2D eigenvalue weighted by molar-refractivity contribution is 5.50. The zero-order chi connectivity index (χ0) is 13.0. The Morgan fingerprint density at radius 1 is 1.28 bits per heavy atom. The molecule has 1 unspecified atom stereocenters. The smallest absolute Gasteiger partial charge is 0.125 e. The first kappa shape index (κ1) is 12.8. The van der Waals surface area contributed by atoms with Gasteiger partial charge in [0.2, 0.25) is 0 Å². The van der Waals surface area contributed by atoms with E-state index in [0.717, 1.165) is 24.3 Å². The molecular weight excluding hydrogens is 224 g/mol. The van der Waals surface area contributed by atoms with Crippen LogP contribution in [-0.2, 0) is 0 Å². The third-order valence-electron chi connectivity index (χ3n) is 3.90. The van der Waals surface area contributed by atoms with E-state index in [2.05, 4.69) is 11.4 Å². The lowest BCUT2D eigenvalue weighted by molar-refractivity contribution is 0.403. The van der Waals surface area contributed by atoms with Crippen molar-refractivity contribution in [3.8, 4) is 11.8 Å². The molecule has 1 aliphatic carbocycles. The minimum Gasteiger partial charge on any atom is -0.497 e. The molecule has 1 saturated carbocycles. The fraction of sp³-hybridized carbons (Fsp3) is 0.533. The highest BCUT2D eigenvalue weighted by Crippen LogP contribution is 2.36. The monoisotopic (exact) mass is 244 g/mol. The van der Waals surface area contributed by atoms with Crippen LogP contribution >= 0.6 is 0 Å². The molecule has 1 aromatic rings. The second-order valence-corrected chi connectivity index (χ2v) is 5.15. The van der Waals surface area contributed by atoms with Crippen LogP contribution in [0.4, 0.5) is 5.69 Å². The van der Waals surface area contributed by atoms with Gasteiger partial charge in [0, 0.05) is 5.69 Å². The summed E-state index contributed by atoms with van der Waals surface area (Å²) in [6.45, 7) is 2.01. The van der Waals surface area contributed by atoms with Gasteiger partial charge in [0.05, 0.1) is 13.2 Å². The van der Waals surface area contributed by atoms with E-state index in [9.17, 15) is 5.26 Å². The Balaban J connectivity index is 2.11. The van der Waals surface area contributed by atoms with Crippen LogP contribution in [0, 0.1) is 17.2 Å². The Kier molecular flexibility index (Phi) is 3.76. The van der Waals surface area contributed by atoms with Crippen molar-refractivity contribution < 1.29 is 4.74 Å². The van der Waals surface area contributed by atoms with Crippen molar-refractivity contribution in [2.75, 3.05) is 12.4 Å². The number of nitrogens with zero attached hydrogens (tertiary/aromatic N) is 1. The van der Waals surface area contributed by atoms with E-state index in [1.807, 2.05) is 31.2 Å². The van der Waals surface area contributed by atoms with Crippen LogP contribution in [0.15, 0.2) is 24.3 Å². The van der Waals surface area contributed by atoms with Crippen molar-refractivity contribution in [1.82, 2.24) is 0 Å². The summed E-state index contributed by atoms with van der Waals surface area (Å²) < 4.78 is 5.13. The van der Waals surface area contributed by atoms with Crippen LogP contribution in [0.25, 0.3) is 0 Å². The van der Waals surface area contributed by atoms with E-state index in [1.54, 1.807) is 7.11 Å². The molecule has 1 atom stereocenters. The van der Waals surface area contributed by atoms with Crippen molar-refractivity contribution in [3.05, 3.63) is 24.3 Å².